The Morgan fingerprint density at radius 2 is 1.91 bits per heavy atom. The van der Waals surface area contributed by atoms with Crippen LogP contribution in [0, 0.1) is 5.92 Å². The molecule has 0 radical (unpaired) electrons. The number of carbonyl (C=O) groups excluding carboxylic acids is 1. The molecule has 1 aliphatic heterocycles. The third kappa shape index (κ3) is 3.41. The van der Waals surface area contributed by atoms with E-state index in [9.17, 15) is 13.2 Å². The standard InChI is InChI=1S/C16H23N3O3S/c17-11-12-3-1-4-15(12)18-23(21,22)14-8-6-13(7-9-14)19-10-2-5-16(19)20/h6-9,12,15,18H,1-5,10-11,17H2. The number of sulfonamides is 1. The largest absolute Gasteiger partial charge is 0.330 e. The van der Waals surface area contributed by atoms with Crippen molar-refractivity contribution in [2.24, 2.45) is 11.7 Å². The summed E-state index contributed by atoms with van der Waals surface area (Å²) < 4.78 is 27.8. The first-order chi connectivity index (χ1) is 11.0. The number of nitrogens with two attached hydrogens (primary N) is 1. The molecule has 1 amide bonds. The van der Waals surface area contributed by atoms with Gasteiger partial charge in [-0.1, -0.05) is 6.42 Å². The molecule has 126 valence electrons. The Morgan fingerprint density at radius 1 is 1.17 bits per heavy atom. The molecule has 2 unspecified atom stereocenters. The average Bonchev–Trinajstić information content (AvgIpc) is 3.15. The van der Waals surface area contributed by atoms with E-state index in [1.807, 2.05) is 0 Å². The fraction of sp³-hybridized carbons (Fsp3) is 0.562. The van der Waals surface area contributed by atoms with Gasteiger partial charge in [0.1, 0.15) is 0 Å². The summed E-state index contributed by atoms with van der Waals surface area (Å²) in [6.45, 7) is 1.20. The van der Waals surface area contributed by atoms with Crippen LogP contribution in [0.5, 0.6) is 0 Å². The zero-order valence-corrected chi connectivity index (χ0v) is 13.9. The molecule has 1 aromatic carbocycles. The Kier molecular flexibility index (Phi) is 4.70. The second-order valence-electron chi connectivity index (χ2n) is 6.30. The lowest BCUT2D eigenvalue weighted by Crippen LogP contribution is -2.39. The first kappa shape index (κ1) is 16.4. The van der Waals surface area contributed by atoms with Gasteiger partial charge in [-0.3, -0.25) is 4.79 Å². The number of carbonyl (C=O) groups is 1. The number of benzene rings is 1. The molecule has 7 heteroatoms. The quantitative estimate of drug-likeness (QED) is 0.845. The smallest absolute Gasteiger partial charge is 0.240 e. The highest BCUT2D eigenvalue weighted by molar-refractivity contribution is 7.89. The van der Waals surface area contributed by atoms with Gasteiger partial charge in [-0.2, -0.15) is 0 Å². The summed E-state index contributed by atoms with van der Waals surface area (Å²) in [5.74, 6) is 0.307. The van der Waals surface area contributed by atoms with Crippen LogP contribution in [0.2, 0.25) is 0 Å². The molecule has 3 rings (SSSR count). The fourth-order valence-electron chi connectivity index (χ4n) is 3.47. The van der Waals surface area contributed by atoms with Crippen molar-refractivity contribution >= 4 is 21.6 Å². The molecule has 0 aromatic heterocycles. The van der Waals surface area contributed by atoms with E-state index in [4.69, 9.17) is 5.73 Å². The van der Waals surface area contributed by atoms with Crippen molar-refractivity contribution in [3.05, 3.63) is 24.3 Å². The maximum absolute atomic E-state index is 12.5. The predicted molar refractivity (Wildman–Crippen MR) is 88.5 cm³/mol. The van der Waals surface area contributed by atoms with Crippen LogP contribution in [0.3, 0.4) is 0 Å². The van der Waals surface area contributed by atoms with Crippen molar-refractivity contribution in [3.63, 3.8) is 0 Å². The van der Waals surface area contributed by atoms with Crippen molar-refractivity contribution in [1.29, 1.82) is 0 Å². The Morgan fingerprint density at radius 3 is 2.52 bits per heavy atom. The fourth-order valence-corrected chi connectivity index (χ4v) is 4.81. The summed E-state index contributed by atoms with van der Waals surface area (Å²) in [5.41, 5.74) is 6.47. The van der Waals surface area contributed by atoms with Crippen LogP contribution < -0.4 is 15.4 Å². The molecule has 3 N–H and O–H groups in total. The molecule has 0 spiro atoms. The summed E-state index contributed by atoms with van der Waals surface area (Å²) >= 11 is 0. The van der Waals surface area contributed by atoms with E-state index in [2.05, 4.69) is 4.72 Å². The number of anilines is 1. The summed E-state index contributed by atoms with van der Waals surface area (Å²) in [5, 5.41) is 0. The molecule has 2 fully saturated rings. The van der Waals surface area contributed by atoms with E-state index in [0.29, 0.717) is 19.5 Å². The van der Waals surface area contributed by atoms with Crippen LogP contribution in [-0.2, 0) is 14.8 Å². The van der Waals surface area contributed by atoms with Gasteiger partial charge in [0.15, 0.2) is 0 Å². The summed E-state index contributed by atoms with van der Waals surface area (Å²) in [4.78, 5) is 13.7. The van der Waals surface area contributed by atoms with Gasteiger partial charge in [-0.25, -0.2) is 13.1 Å². The predicted octanol–water partition coefficient (Wildman–Crippen LogP) is 1.22. The number of hydrogen-bond acceptors (Lipinski definition) is 4. The highest BCUT2D eigenvalue weighted by Crippen LogP contribution is 2.27. The Hall–Kier alpha value is -1.44. The maximum atomic E-state index is 12.5. The molecule has 0 bridgehead atoms. The van der Waals surface area contributed by atoms with Crippen LogP contribution in [0.15, 0.2) is 29.2 Å². The van der Waals surface area contributed by atoms with Crippen molar-refractivity contribution < 1.29 is 13.2 Å². The van der Waals surface area contributed by atoms with Crippen LogP contribution in [0.4, 0.5) is 5.69 Å². The third-order valence-corrected chi connectivity index (χ3v) is 6.31. The van der Waals surface area contributed by atoms with E-state index in [1.165, 1.54) is 0 Å². The maximum Gasteiger partial charge on any atom is 0.240 e. The lowest BCUT2D eigenvalue weighted by atomic mass is 10.1. The lowest BCUT2D eigenvalue weighted by Gasteiger charge is -2.20. The molecule has 2 aliphatic rings. The van der Waals surface area contributed by atoms with Crippen molar-refractivity contribution in [3.8, 4) is 0 Å². The van der Waals surface area contributed by atoms with Crippen LogP contribution >= 0.6 is 0 Å². The highest BCUT2D eigenvalue weighted by atomic mass is 32.2. The number of nitrogens with zero attached hydrogens (tertiary/aromatic N) is 1. The van der Waals surface area contributed by atoms with Gasteiger partial charge in [0.2, 0.25) is 15.9 Å². The van der Waals surface area contributed by atoms with E-state index < -0.39 is 10.0 Å². The number of rotatable bonds is 5. The molecule has 1 aromatic rings. The van der Waals surface area contributed by atoms with Crippen LogP contribution in [0.25, 0.3) is 0 Å². The number of amides is 1. The molecular formula is C16H23N3O3S. The van der Waals surface area contributed by atoms with Gasteiger partial charge in [-0.05, 0) is 56.0 Å². The van der Waals surface area contributed by atoms with Gasteiger partial charge >= 0.3 is 0 Å². The van der Waals surface area contributed by atoms with E-state index in [-0.39, 0.29) is 22.8 Å². The molecule has 6 nitrogen and oxygen atoms in total. The monoisotopic (exact) mass is 337 g/mol. The van der Waals surface area contributed by atoms with E-state index >= 15 is 0 Å². The highest BCUT2D eigenvalue weighted by Gasteiger charge is 2.30. The van der Waals surface area contributed by atoms with Gasteiger partial charge in [-0.15, -0.1) is 0 Å². The van der Waals surface area contributed by atoms with Gasteiger partial charge in [0.25, 0.3) is 0 Å². The van der Waals surface area contributed by atoms with Gasteiger partial charge < -0.3 is 10.6 Å². The summed E-state index contributed by atoms with van der Waals surface area (Å²) in [7, 11) is -3.55. The topological polar surface area (TPSA) is 92.5 Å². The number of nitrogens with one attached hydrogen (secondary N) is 1. The molecule has 1 aliphatic carbocycles. The zero-order valence-electron chi connectivity index (χ0n) is 13.1. The van der Waals surface area contributed by atoms with E-state index in [0.717, 1.165) is 31.4 Å². The molecule has 1 saturated heterocycles. The molecule has 23 heavy (non-hydrogen) atoms. The second kappa shape index (κ2) is 6.59. The lowest BCUT2D eigenvalue weighted by molar-refractivity contribution is -0.117. The van der Waals surface area contributed by atoms with Crippen molar-refractivity contribution in [2.45, 2.75) is 43.0 Å². The Bertz CT molecular complexity index is 672. The molecule has 2 atom stereocenters. The van der Waals surface area contributed by atoms with Crippen LogP contribution in [0.1, 0.15) is 32.1 Å². The first-order valence-corrected chi connectivity index (χ1v) is 9.62. The van der Waals surface area contributed by atoms with Gasteiger partial charge in [0, 0.05) is 24.7 Å². The molecular weight excluding hydrogens is 314 g/mol. The molecule has 1 saturated carbocycles. The summed E-state index contributed by atoms with van der Waals surface area (Å²) in [6, 6.07) is 6.45. The second-order valence-corrected chi connectivity index (χ2v) is 8.01. The first-order valence-electron chi connectivity index (χ1n) is 8.14. The third-order valence-electron chi connectivity index (χ3n) is 4.80. The van der Waals surface area contributed by atoms with Crippen molar-refractivity contribution in [2.75, 3.05) is 18.0 Å². The zero-order chi connectivity index (χ0) is 16.4. The molecule has 1 heterocycles. The average molecular weight is 337 g/mol. The van der Waals surface area contributed by atoms with Gasteiger partial charge in [0.05, 0.1) is 4.90 Å². The van der Waals surface area contributed by atoms with E-state index in [1.54, 1.807) is 29.2 Å². The normalized spacial score (nSPS) is 25.3. The minimum atomic E-state index is -3.55. The van der Waals surface area contributed by atoms with Crippen molar-refractivity contribution in [1.82, 2.24) is 4.72 Å². The Balaban J connectivity index is 1.74. The minimum absolute atomic E-state index is 0.0789. The Labute approximate surface area is 137 Å². The number of hydrogen-bond donors (Lipinski definition) is 2. The van der Waals surface area contributed by atoms with Crippen LogP contribution in [-0.4, -0.2) is 33.5 Å². The summed E-state index contributed by atoms with van der Waals surface area (Å²) in [6.07, 6.45) is 4.22. The minimum Gasteiger partial charge on any atom is -0.330 e. The SMILES string of the molecule is NCC1CCCC1NS(=O)(=O)c1ccc(N2CCCC2=O)cc1.